The second-order valence-electron chi connectivity index (χ2n) is 6.29. The molecule has 152 valence electrons. The van der Waals surface area contributed by atoms with Gasteiger partial charge in [0, 0.05) is 26.3 Å². The van der Waals surface area contributed by atoms with Crippen LogP contribution in [0.1, 0.15) is 12.5 Å². The maximum Gasteiger partial charge on any atom is 0.483 e. The topological polar surface area (TPSA) is 29.5 Å². The van der Waals surface area contributed by atoms with Gasteiger partial charge in [-0.3, -0.25) is 9.69 Å². The zero-order chi connectivity index (χ0) is 21.8. The number of amides is 1. The maximum atomic E-state index is 14.8. The van der Waals surface area contributed by atoms with Crippen LogP contribution in [0.5, 0.6) is 5.75 Å². The van der Waals surface area contributed by atoms with Crippen LogP contribution in [0.4, 0.5) is 27.6 Å². The number of nitrogens with zero attached hydrogens (tertiary/aromatic N) is 1. The zero-order valence-electron chi connectivity index (χ0n) is 14.9. The van der Waals surface area contributed by atoms with Crippen molar-refractivity contribution in [2.24, 2.45) is 0 Å². The van der Waals surface area contributed by atoms with Gasteiger partial charge in [0.05, 0.1) is 11.7 Å². The number of alkyl halides is 2. The number of anilines is 1. The van der Waals surface area contributed by atoms with Gasteiger partial charge in [-0.2, -0.15) is 8.78 Å². The summed E-state index contributed by atoms with van der Waals surface area (Å²) >= 11 is 1.78. The third-order valence-corrected chi connectivity index (χ3v) is 7.04. The fraction of sp³-hybridized carbons (Fsp3) is 0.211. The number of ether oxygens (including phenoxy) is 1. The van der Waals surface area contributed by atoms with Crippen molar-refractivity contribution in [1.29, 1.82) is 0 Å². The van der Waals surface area contributed by atoms with E-state index in [1.807, 2.05) is 0 Å². The Kier molecular flexibility index (Phi) is 5.56. The second-order valence-corrected chi connectivity index (χ2v) is 7.95. The molecule has 0 spiro atoms. The van der Waals surface area contributed by atoms with Gasteiger partial charge in [0.15, 0.2) is 17.4 Å². The highest BCUT2D eigenvalue weighted by molar-refractivity contribution is 14.1. The summed E-state index contributed by atoms with van der Waals surface area (Å²) < 4.78 is 76.3. The number of terminal acetylenes is 1. The SMILES string of the molecule is C#C[C@H](C)N1C(=O)C(F)(F)Oc2cc(F)c(-c3c(F)c(F)c(C)c(I)c3P)cc21. The molecule has 1 heterocycles. The standard InChI is InChI=1S/C19H12F5INO2P/c1-4-7(2)26-11-5-9(10(20)6-12(11)28-19(23,24)18(26)27)13-15(22)14(21)8(3)16(25)17(13)29/h1,5-7H,29H2,2-3H3/t7-/m0/s1. The van der Waals surface area contributed by atoms with Crippen molar-refractivity contribution in [3.05, 3.63) is 38.7 Å². The lowest BCUT2D eigenvalue weighted by Gasteiger charge is -2.35. The number of carbonyl (C=O) groups excluding carboxylic acids is 1. The third kappa shape index (κ3) is 3.36. The molecular formula is C19H12F5INO2P. The van der Waals surface area contributed by atoms with E-state index in [2.05, 4.69) is 19.9 Å². The smallest absolute Gasteiger partial charge is 0.423 e. The first-order chi connectivity index (χ1) is 13.4. The quantitative estimate of drug-likeness (QED) is 0.185. The van der Waals surface area contributed by atoms with Gasteiger partial charge in [-0.05, 0) is 47.8 Å². The minimum atomic E-state index is -4.26. The average Bonchev–Trinajstić information content (AvgIpc) is 2.66. The Balaban J connectivity index is 2.34. The van der Waals surface area contributed by atoms with Crippen LogP contribution in [-0.2, 0) is 4.79 Å². The van der Waals surface area contributed by atoms with Crippen molar-refractivity contribution in [2.75, 3.05) is 4.90 Å². The zero-order valence-corrected chi connectivity index (χ0v) is 18.2. The highest BCUT2D eigenvalue weighted by atomic mass is 127. The molecule has 2 atom stereocenters. The Morgan fingerprint density at radius 1 is 1.28 bits per heavy atom. The van der Waals surface area contributed by atoms with Crippen LogP contribution in [0.2, 0.25) is 0 Å². The summed E-state index contributed by atoms with van der Waals surface area (Å²) in [7, 11) is 2.21. The first kappa shape index (κ1) is 21.8. The number of fused-ring (bicyclic) bond motifs is 1. The lowest BCUT2D eigenvalue weighted by molar-refractivity contribution is -0.193. The summed E-state index contributed by atoms with van der Waals surface area (Å²) in [6.45, 7) is 2.67. The largest absolute Gasteiger partial charge is 0.483 e. The molecule has 0 aromatic heterocycles. The lowest BCUT2D eigenvalue weighted by atomic mass is 9.99. The molecule has 3 nitrogen and oxygen atoms in total. The monoisotopic (exact) mass is 539 g/mol. The van der Waals surface area contributed by atoms with E-state index in [9.17, 15) is 26.7 Å². The number of hydrogen-bond donors (Lipinski definition) is 0. The number of hydrogen-bond acceptors (Lipinski definition) is 2. The van der Waals surface area contributed by atoms with Gasteiger partial charge >= 0.3 is 12.0 Å². The van der Waals surface area contributed by atoms with E-state index in [4.69, 9.17) is 6.42 Å². The molecule has 0 N–H and O–H groups in total. The van der Waals surface area contributed by atoms with Crippen LogP contribution in [0.3, 0.4) is 0 Å². The van der Waals surface area contributed by atoms with E-state index in [1.165, 1.54) is 13.8 Å². The molecule has 1 amide bonds. The summed E-state index contributed by atoms with van der Waals surface area (Å²) in [5.74, 6) is -3.85. The molecule has 2 aromatic carbocycles. The Bertz CT molecular complexity index is 1070. The maximum absolute atomic E-state index is 14.8. The van der Waals surface area contributed by atoms with Gasteiger partial charge in [-0.15, -0.1) is 15.7 Å². The molecule has 3 rings (SSSR count). The van der Waals surface area contributed by atoms with Crippen LogP contribution in [0, 0.1) is 40.3 Å². The second kappa shape index (κ2) is 7.40. The molecule has 1 aliphatic rings. The van der Waals surface area contributed by atoms with Crippen molar-refractivity contribution < 1.29 is 31.5 Å². The fourth-order valence-electron chi connectivity index (χ4n) is 2.96. The molecule has 0 saturated heterocycles. The Hall–Kier alpha value is -1.92. The minimum absolute atomic E-state index is 0.0379. The number of carbonyl (C=O) groups is 1. The molecule has 0 radical (unpaired) electrons. The Morgan fingerprint density at radius 3 is 2.48 bits per heavy atom. The number of halogens is 6. The van der Waals surface area contributed by atoms with Crippen molar-refractivity contribution in [2.45, 2.75) is 26.0 Å². The van der Waals surface area contributed by atoms with Gasteiger partial charge in [0.25, 0.3) is 0 Å². The van der Waals surface area contributed by atoms with Crippen molar-refractivity contribution in [3.8, 4) is 29.2 Å². The lowest BCUT2D eigenvalue weighted by Crippen LogP contribution is -2.53. The molecule has 0 bridgehead atoms. The van der Waals surface area contributed by atoms with E-state index >= 15 is 0 Å². The summed E-state index contributed by atoms with van der Waals surface area (Å²) in [5.41, 5.74) is -1.08. The van der Waals surface area contributed by atoms with Crippen molar-refractivity contribution in [3.63, 3.8) is 0 Å². The van der Waals surface area contributed by atoms with Crippen molar-refractivity contribution >= 4 is 48.7 Å². The van der Waals surface area contributed by atoms with Gasteiger partial charge in [0.2, 0.25) is 0 Å². The predicted molar refractivity (Wildman–Crippen MR) is 110 cm³/mol. The van der Waals surface area contributed by atoms with Crippen LogP contribution in [-0.4, -0.2) is 18.1 Å². The Labute approximate surface area is 178 Å². The first-order valence-corrected chi connectivity index (χ1v) is 9.71. The normalized spacial score (nSPS) is 16.1. The molecular weight excluding hydrogens is 527 g/mol. The summed E-state index contributed by atoms with van der Waals surface area (Å²) in [6, 6.07) is 0.405. The van der Waals surface area contributed by atoms with Crippen LogP contribution in [0.25, 0.3) is 11.1 Å². The number of benzene rings is 2. The van der Waals surface area contributed by atoms with Crippen LogP contribution < -0.4 is 14.9 Å². The third-order valence-electron chi connectivity index (χ3n) is 4.49. The minimum Gasteiger partial charge on any atom is -0.423 e. The molecule has 0 fully saturated rings. The van der Waals surface area contributed by atoms with E-state index in [-0.39, 0.29) is 16.6 Å². The van der Waals surface area contributed by atoms with Crippen LogP contribution in [0.15, 0.2) is 12.1 Å². The molecule has 29 heavy (non-hydrogen) atoms. The first-order valence-electron chi connectivity index (χ1n) is 8.05. The average molecular weight is 539 g/mol. The summed E-state index contributed by atoms with van der Waals surface area (Å²) in [6.07, 6.45) is 1.02. The molecule has 1 aliphatic heterocycles. The molecule has 1 unspecified atom stereocenters. The summed E-state index contributed by atoms with van der Waals surface area (Å²) in [4.78, 5) is 12.7. The van der Waals surface area contributed by atoms with Gasteiger partial charge in [-0.1, -0.05) is 5.92 Å². The van der Waals surface area contributed by atoms with E-state index in [0.717, 1.165) is 6.07 Å². The molecule has 0 aliphatic carbocycles. The van der Waals surface area contributed by atoms with Crippen molar-refractivity contribution in [1.82, 2.24) is 0 Å². The van der Waals surface area contributed by atoms with E-state index < -0.39 is 52.4 Å². The number of rotatable bonds is 2. The van der Waals surface area contributed by atoms with Gasteiger partial charge < -0.3 is 4.74 Å². The molecule has 0 saturated carbocycles. The highest BCUT2D eigenvalue weighted by Crippen LogP contribution is 2.44. The highest BCUT2D eigenvalue weighted by Gasteiger charge is 2.52. The van der Waals surface area contributed by atoms with E-state index in [0.29, 0.717) is 14.5 Å². The summed E-state index contributed by atoms with van der Waals surface area (Å²) in [5, 5.41) is 0.172. The van der Waals surface area contributed by atoms with E-state index in [1.54, 1.807) is 22.6 Å². The van der Waals surface area contributed by atoms with Gasteiger partial charge in [-0.25, -0.2) is 13.2 Å². The predicted octanol–water partition coefficient (Wildman–Crippen LogP) is 4.52. The molecule has 2 aromatic rings. The van der Waals surface area contributed by atoms with Crippen LogP contribution >= 0.6 is 31.8 Å². The fourth-order valence-corrected chi connectivity index (χ4v) is 3.96. The molecule has 10 heteroatoms. The van der Waals surface area contributed by atoms with Gasteiger partial charge in [0.1, 0.15) is 5.82 Å². The Morgan fingerprint density at radius 2 is 1.90 bits per heavy atom.